The summed E-state index contributed by atoms with van der Waals surface area (Å²) >= 11 is 0. The fourth-order valence-electron chi connectivity index (χ4n) is 6.85. The van der Waals surface area contributed by atoms with Gasteiger partial charge in [0.15, 0.2) is 11.6 Å². The van der Waals surface area contributed by atoms with E-state index in [9.17, 15) is 9.59 Å². The van der Waals surface area contributed by atoms with Crippen LogP contribution in [0.4, 0.5) is 0 Å². The number of Topliss-reactive ketones (excluding diaryl/α,β-unsaturated/α-hetero) is 2. The van der Waals surface area contributed by atoms with Crippen molar-refractivity contribution in [3.63, 3.8) is 0 Å². The summed E-state index contributed by atoms with van der Waals surface area (Å²) in [6.45, 7) is 0. The molecule has 4 aliphatic rings. The summed E-state index contributed by atoms with van der Waals surface area (Å²) in [7, 11) is 0. The lowest BCUT2D eigenvalue weighted by Gasteiger charge is -2.20. The normalized spacial score (nSPS) is 36.7. The van der Waals surface area contributed by atoms with Gasteiger partial charge in [0.2, 0.25) is 5.78 Å². The monoisotopic (exact) mass is 362 g/mol. The van der Waals surface area contributed by atoms with Crippen LogP contribution in [-0.4, -0.2) is 21.5 Å². The van der Waals surface area contributed by atoms with Gasteiger partial charge in [-0.1, -0.05) is 18.9 Å². The van der Waals surface area contributed by atoms with Crippen LogP contribution in [0, 0.1) is 35.5 Å². The number of hydrogen-bond donors (Lipinski definition) is 1. The number of ketones is 2. The van der Waals surface area contributed by atoms with E-state index in [4.69, 9.17) is 0 Å². The van der Waals surface area contributed by atoms with Gasteiger partial charge in [-0.15, -0.1) is 0 Å². The summed E-state index contributed by atoms with van der Waals surface area (Å²) in [5.41, 5.74) is 2.25. The summed E-state index contributed by atoms with van der Waals surface area (Å²) in [5, 5.41) is 0. The second-order valence-electron chi connectivity index (χ2n) is 9.58. The molecule has 4 bridgehead atoms. The molecule has 4 aliphatic carbocycles. The molecule has 4 heteroatoms. The Kier molecular flexibility index (Phi) is 3.42. The van der Waals surface area contributed by atoms with Gasteiger partial charge in [0, 0.05) is 17.4 Å². The Labute approximate surface area is 159 Å². The van der Waals surface area contributed by atoms with Crippen LogP contribution in [-0.2, 0) is 0 Å². The maximum atomic E-state index is 13.3. The van der Waals surface area contributed by atoms with Crippen molar-refractivity contribution in [2.75, 3.05) is 0 Å². The second kappa shape index (κ2) is 5.76. The minimum absolute atomic E-state index is 0.133. The maximum Gasteiger partial charge on any atom is 0.201 e. The van der Waals surface area contributed by atoms with Gasteiger partial charge in [-0.05, 0) is 74.3 Å². The van der Waals surface area contributed by atoms with Gasteiger partial charge in [0.1, 0.15) is 0 Å². The molecule has 1 aromatic carbocycles. The third-order valence-electron chi connectivity index (χ3n) is 8.16. The van der Waals surface area contributed by atoms with Gasteiger partial charge in [0.25, 0.3) is 0 Å². The highest BCUT2D eigenvalue weighted by molar-refractivity contribution is 6.09. The van der Waals surface area contributed by atoms with Gasteiger partial charge in [-0.3, -0.25) is 9.59 Å². The number of imidazole rings is 1. The molecule has 4 saturated carbocycles. The van der Waals surface area contributed by atoms with E-state index in [1.165, 1.54) is 38.5 Å². The van der Waals surface area contributed by atoms with Crippen LogP contribution in [0.1, 0.15) is 72.3 Å². The molecular formula is C23H26N2O2. The maximum absolute atomic E-state index is 13.3. The number of aromatic nitrogens is 2. The van der Waals surface area contributed by atoms with Crippen molar-refractivity contribution < 1.29 is 9.59 Å². The molecule has 140 valence electrons. The molecule has 0 saturated heterocycles. The van der Waals surface area contributed by atoms with E-state index in [2.05, 4.69) is 9.97 Å². The molecule has 4 fully saturated rings. The zero-order chi connectivity index (χ0) is 18.1. The smallest absolute Gasteiger partial charge is 0.201 e. The van der Waals surface area contributed by atoms with E-state index < -0.39 is 0 Å². The van der Waals surface area contributed by atoms with Crippen LogP contribution in [0.15, 0.2) is 18.2 Å². The average molecular weight is 362 g/mol. The molecule has 0 amide bonds. The predicted molar refractivity (Wildman–Crippen MR) is 103 cm³/mol. The van der Waals surface area contributed by atoms with E-state index in [1.807, 2.05) is 18.2 Å². The van der Waals surface area contributed by atoms with Crippen LogP contribution >= 0.6 is 0 Å². The van der Waals surface area contributed by atoms with Gasteiger partial charge < -0.3 is 4.98 Å². The van der Waals surface area contributed by atoms with Crippen molar-refractivity contribution in [3.8, 4) is 0 Å². The van der Waals surface area contributed by atoms with E-state index in [0.717, 1.165) is 30.2 Å². The topological polar surface area (TPSA) is 62.8 Å². The molecule has 0 aliphatic heterocycles. The first kappa shape index (κ1) is 16.0. The Hall–Kier alpha value is -1.97. The second-order valence-corrected chi connectivity index (χ2v) is 9.58. The van der Waals surface area contributed by atoms with Crippen molar-refractivity contribution in [1.82, 2.24) is 9.97 Å². The van der Waals surface area contributed by atoms with Crippen LogP contribution in [0.5, 0.6) is 0 Å². The highest BCUT2D eigenvalue weighted by Gasteiger charge is 2.45. The lowest BCUT2D eigenvalue weighted by atomic mass is 9.83. The number of nitrogens with zero attached hydrogens (tertiary/aromatic N) is 1. The number of aromatic amines is 1. The Balaban J connectivity index is 1.33. The molecule has 6 atom stereocenters. The highest BCUT2D eigenvalue weighted by Crippen LogP contribution is 2.50. The van der Waals surface area contributed by atoms with Crippen LogP contribution in [0.2, 0.25) is 0 Å². The van der Waals surface area contributed by atoms with Gasteiger partial charge in [-0.25, -0.2) is 4.98 Å². The zero-order valence-corrected chi connectivity index (χ0v) is 15.6. The highest BCUT2D eigenvalue weighted by atomic mass is 16.1. The van der Waals surface area contributed by atoms with Crippen molar-refractivity contribution in [3.05, 3.63) is 29.6 Å². The largest absolute Gasteiger partial charge is 0.335 e. The van der Waals surface area contributed by atoms with Crippen molar-refractivity contribution in [1.29, 1.82) is 0 Å². The molecule has 2 aromatic rings. The van der Waals surface area contributed by atoms with Crippen molar-refractivity contribution >= 4 is 22.6 Å². The Bertz CT molecular complexity index is 945. The van der Waals surface area contributed by atoms with E-state index in [-0.39, 0.29) is 23.4 Å². The summed E-state index contributed by atoms with van der Waals surface area (Å²) in [6, 6.07) is 5.77. The first-order chi connectivity index (χ1) is 13.2. The molecular weight excluding hydrogens is 336 g/mol. The number of carbonyl (C=O) groups excluding carboxylic acids is 2. The number of carbonyl (C=O) groups is 2. The van der Waals surface area contributed by atoms with Gasteiger partial charge >= 0.3 is 0 Å². The van der Waals surface area contributed by atoms with Crippen molar-refractivity contribution in [2.45, 2.75) is 51.4 Å². The minimum Gasteiger partial charge on any atom is -0.335 e. The molecule has 1 N–H and O–H groups in total. The molecule has 0 spiro atoms. The lowest BCUT2D eigenvalue weighted by Crippen LogP contribution is -2.22. The quantitative estimate of drug-likeness (QED) is 0.795. The third kappa shape index (κ3) is 2.38. The minimum atomic E-state index is 0.133. The number of nitrogens with one attached hydrogen (secondary N) is 1. The summed E-state index contributed by atoms with van der Waals surface area (Å²) < 4.78 is 0. The average Bonchev–Trinajstić information content (AvgIpc) is 3.50. The van der Waals surface area contributed by atoms with Crippen LogP contribution < -0.4 is 0 Å². The fourth-order valence-corrected chi connectivity index (χ4v) is 6.85. The van der Waals surface area contributed by atoms with E-state index in [1.54, 1.807) is 0 Å². The molecule has 1 aromatic heterocycles. The predicted octanol–water partition coefficient (Wildman–Crippen LogP) is 4.80. The standard InChI is InChI=1S/C23H26N2O2/c26-21(17-10-12-4-6-14(17)8-12)16-2-1-3-19-20(16)25-23(24-19)22(27)18-11-13-5-7-15(18)9-13/h1-3,12-15,17-18H,4-11H2,(H,24,25). The first-order valence-electron chi connectivity index (χ1n) is 10.7. The third-order valence-corrected chi connectivity index (χ3v) is 8.16. The Morgan fingerprint density at radius 1 is 0.852 bits per heavy atom. The van der Waals surface area contributed by atoms with E-state index in [0.29, 0.717) is 28.7 Å². The number of para-hydroxylation sites is 1. The Morgan fingerprint density at radius 3 is 2.11 bits per heavy atom. The lowest BCUT2D eigenvalue weighted by molar-refractivity contribution is 0.0859. The summed E-state index contributed by atoms with van der Waals surface area (Å²) in [4.78, 5) is 34.2. The SMILES string of the molecule is O=C(c1nc2c(C(=O)C3CC4CCC3C4)cccc2[nH]1)C1CC2CCC1C2. The first-order valence-corrected chi connectivity index (χ1v) is 10.7. The Morgan fingerprint density at radius 2 is 1.52 bits per heavy atom. The summed E-state index contributed by atoms with van der Waals surface area (Å²) in [6.07, 6.45) is 9.48. The number of benzene rings is 1. The molecule has 0 radical (unpaired) electrons. The number of rotatable bonds is 4. The van der Waals surface area contributed by atoms with E-state index >= 15 is 0 Å². The number of fused-ring (bicyclic) bond motifs is 5. The van der Waals surface area contributed by atoms with Gasteiger partial charge in [0.05, 0.1) is 11.0 Å². The molecule has 27 heavy (non-hydrogen) atoms. The molecule has 6 unspecified atom stereocenters. The molecule has 6 rings (SSSR count). The molecule has 4 nitrogen and oxygen atoms in total. The fraction of sp³-hybridized carbons (Fsp3) is 0.609. The van der Waals surface area contributed by atoms with Crippen molar-refractivity contribution in [2.24, 2.45) is 35.5 Å². The number of H-pyrrole nitrogens is 1. The number of hydrogen-bond acceptors (Lipinski definition) is 3. The van der Waals surface area contributed by atoms with Crippen LogP contribution in [0.3, 0.4) is 0 Å². The van der Waals surface area contributed by atoms with Crippen LogP contribution in [0.25, 0.3) is 11.0 Å². The molecule has 1 heterocycles. The van der Waals surface area contributed by atoms with Gasteiger partial charge in [-0.2, -0.15) is 0 Å². The zero-order valence-electron chi connectivity index (χ0n) is 15.6. The summed E-state index contributed by atoms with van der Waals surface area (Å²) in [5.74, 6) is 3.77.